The minimum Gasteiger partial charge on any atom is -0.309 e. The Balaban J connectivity index is 1.14. The van der Waals surface area contributed by atoms with Crippen molar-refractivity contribution in [2.75, 3.05) is 4.90 Å². The van der Waals surface area contributed by atoms with E-state index in [1.54, 1.807) is 0 Å². The molecule has 0 saturated heterocycles. The third-order valence-corrected chi connectivity index (χ3v) is 15.3. The maximum absolute atomic E-state index is 2.59. The molecule has 0 unspecified atom stereocenters. The van der Waals surface area contributed by atoms with E-state index in [1.165, 1.54) is 115 Å². The van der Waals surface area contributed by atoms with Crippen molar-refractivity contribution in [3.8, 4) is 33.4 Å². The number of benzene rings is 9. The van der Waals surface area contributed by atoms with E-state index in [-0.39, 0.29) is 5.41 Å². The van der Waals surface area contributed by atoms with Gasteiger partial charge in [-0.1, -0.05) is 166 Å². The van der Waals surface area contributed by atoms with E-state index in [4.69, 9.17) is 0 Å². The highest BCUT2D eigenvalue weighted by Crippen LogP contribution is 2.64. The third kappa shape index (κ3) is 4.19. The number of thiophene rings is 1. The molecule has 13 rings (SSSR count). The highest BCUT2D eigenvalue weighted by molar-refractivity contribution is 7.26. The van der Waals surface area contributed by atoms with Crippen LogP contribution >= 0.6 is 11.3 Å². The lowest BCUT2D eigenvalue weighted by atomic mass is 9.70. The fraction of sp³-hybridized carbons (Fsp3) is 0.0877. The summed E-state index contributed by atoms with van der Waals surface area (Å²) in [6, 6.07) is 69.1. The van der Waals surface area contributed by atoms with Gasteiger partial charge in [-0.2, -0.15) is 0 Å². The fourth-order valence-corrected chi connectivity index (χ4v) is 12.7. The van der Waals surface area contributed by atoms with Gasteiger partial charge in [0.1, 0.15) is 0 Å². The molecular formula is C57H39NS. The number of nitrogens with zero attached hydrogens (tertiary/aromatic N) is 1. The molecule has 0 bridgehead atoms. The second-order valence-corrected chi connectivity index (χ2v) is 18.2. The van der Waals surface area contributed by atoms with Gasteiger partial charge >= 0.3 is 0 Å². The standard InChI is InChI=1S/C57H39NS/c1-34-15-14-22-45-53-38-17-5-4-16-35(38)31-52(55(53)59-54(34)45)58(36-27-29-43-39-18-6-10-23-46(39)56(2,3)50(43)32-36)37-28-30-44-42-21-9-13-26-49(42)57(51(44)33-37)47-24-11-7-19-40(47)41-20-8-12-25-48(41)57/h4-33H,1-3H3. The van der Waals surface area contributed by atoms with Crippen molar-refractivity contribution in [2.24, 2.45) is 0 Å². The maximum atomic E-state index is 2.59. The average molecular weight is 770 g/mol. The van der Waals surface area contributed by atoms with Crippen LogP contribution in [0.3, 0.4) is 0 Å². The molecule has 1 spiro atoms. The first-order chi connectivity index (χ1) is 28.9. The summed E-state index contributed by atoms with van der Waals surface area (Å²) < 4.78 is 2.67. The third-order valence-electron chi connectivity index (χ3n) is 14.0. The Morgan fingerprint density at radius 1 is 0.407 bits per heavy atom. The molecule has 278 valence electrons. The Kier molecular flexibility index (Phi) is 6.59. The lowest BCUT2D eigenvalue weighted by Crippen LogP contribution is -2.26. The Labute approximate surface area is 348 Å². The summed E-state index contributed by atoms with van der Waals surface area (Å²) in [7, 11) is 0. The molecule has 1 heterocycles. The van der Waals surface area contributed by atoms with Gasteiger partial charge in [-0.05, 0) is 120 Å². The summed E-state index contributed by atoms with van der Waals surface area (Å²) in [5.41, 5.74) is 20.4. The zero-order valence-electron chi connectivity index (χ0n) is 33.2. The second kappa shape index (κ2) is 11.7. The summed E-state index contributed by atoms with van der Waals surface area (Å²) in [5.74, 6) is 0. The monoisotopic (exact) mass is 769 g/mol. The topological polar surface area (TPSA) is 3.24 Å². The number of hydrogen-bond acceptors (Lipinski definition) is 2. The van der Waals surface area contributed by atoms with Crippen LogP contribution in [-0.2, 0) is 10.8 Å². The van der Waals surface area contributed by atoms with Gasteiger partial charge in [0, 0.05) is 32.3 Å². The Bertz CT molecular complexity index is 3390. The fourth-order valence-electron chi connectivity index (χ4n) is 11.4. The number of hydrogen-bond donors (Lipinski definition) is 0. The molecule has 0 saturated carbocycles. The van der Waals surface area contributed by atoms with Crippen molar-refractivity contribution in [3.05, 3.63) is 221 Å². The van der Waals surface area contributed by atoms with E-state index in [9.17, 15) is 0 Å². The molecular weight excluding hydrogens is 731 g/mol. The highest BCUT2D eigenvalue weighted by Gasteiger charge is 2.51. The van der Waals surface area contributed by atoms with Crippen molar-refractivity contribution in [3.63, 3.8) is 0 Å². The van der Waals surface area contributed by atoms with Crippen molar-refractivity contribution in [1.29, 1.82) is 0 Å². The van der Waals surface area contributed by atoms with E-state index in [2.05, 4.69) is 208 Å². The van der Waals surface area contributed by atoms with E-state index in [1.807, 2.05) is 11.3 Å². The minimum atomic E-state index is -0.435. The summed E-state index contributed by atoms with van der Waals surface area (Å²) in [4.78, 5) is 2.59. The quantitative estimate of drug-likeness (QED) is 0.173. The van der Waals surface area contributed by atoms with Crippen LogP contribution in [0, 0.1) is 6.92 Å². The first-order valence-electron chi connectivity index (χ1n) is 20.8. The van der Waals surface area contributed by atoms with E-state index < -0.39 is 5.41 Å². The van der Waals surface area contributed by atoms with Crippen LogP contribution in [0.4, 0.5) is 17.1 Å². The van der Waals surface area contributed by atoms with Gasteiger partial charge < -0.3 is 4.90 Å². The molecule has 0 aliphatic heterocycles. The van der Waals surface area contributed by atoms with Gasteiger partial charge in [-0.25, -0.2) is 0 Å². The number of fused-ring (bicyclic) bond motifs is 18. The first-order valence-corrected chi connectivity index (χ1v) is 21.6. The molecule has 10 aromatic rings. The smallest absolute Gasteiger partial charge is 0.0726 e. The van der Waals surface area contributed by atoms with Gasteiger partial charge in [-0.3, -0.25) is 0 Å². The summed E-state index contributed by atoms with van der Waals surface area (Å²) in [6.07, 6.45) is 0. The van der Waals surface area contributed by atoms with Crippen molar-refractivity contribution in [1.82, 2.24) is 0 Å². The van der Waals surface area contributed by atoms with Crippen LogP contribution in [0.15, 0.2) is 182 Å². The average Bonchev–Trinajstić information content (AvgIpc) is 3.97. The summed E-state index contributed by atoms with van der Waals surface area (Å²) >= 11 is 1.94. The first kappa shape index (κ1) is 33.3. The molecule has 0 atom stereocenters. The minimum absolute atomic E-state index is 0.137. The molecule has 59 heavy (non-hydrogen) atoms. The molecule has 1 aromatic heterocycles. The molecule has 0 N–H and O–H groups in total. The van der Waals surface area contributed by atoms with Gasteiger partial charge in [0.25, 0.3) is 0 Å². The largest absolute Gasteiger partial charge is 0.309 e. The Morgan fingerprint density at radius 2 is 0.898 bits per heavy atom. The molecule has 3 aliphatic carbocycles. The molecule has 0 amide bonds. The zero-order valence-corrected chi connectivity index (χ0v) is 34.0. The summed E-state index contributed by atoms with van der Waals surface area (Å²) in [5, 5.41) is 5.22. The van der Waals surface area contributed by atoms with E-state index >= 15 is 0 Å². The number of anilines is 3. The van der Waals surface area contributed by atoms with Crippen molar-refractivity contribution < 1.29 is 0 Å². The highest BCUT2D eigenvalue weighted by atomic mass is 32.1. The van der Waals surface area contributed by atoms with Crippen LogP contribution in [0.5, 0.6) is 0 Å². The van der Waals surface area contributed by atoms with Crippen molar-refractivity contribution in [2.45, 2.75) is 31.6 Å². The Hall–Kier alpha value is -6.74. The van der Waals surface area contributed by atoms with E-state index in [0.29, 0.717) is 0 Å². The maximum Gasteiger partial charge on any atom is 0.0726 e. The second-order valence-electron chi connectivity index (χ2n) is 17.2. The predicted octanol–water partition coefficient (Wildman–Crippen LogP) is 15.6. The van der Waals surface area contributed by atoms with Crippen LogP contribution in [0.1, 0.15) is 52.8 Å². The van der Waals surface area contributed by atoms with Crippen LogP contribution in [0.2, 0.25) is 0 Å². The molecule has 1 nitrogen and oxygen atoms in total. The number of aryl methyl sites for hydroxylation is 1. The number of rotatable bonds is 3. The summed E-state index contributed by atoms with van der Waals surface area (Å²) in [6.45, 7) is 7.03. The zero-order chi connectivity index (χ0) is 39.2. The van der Waals surface area contributed by atoms with Gasteiger partial charge in [0.2, 0.25) is 0 Å². The van der Waals surface area contributed by atoms with Gasteiger partial charge in [0.05, 0.1) is 15.8 Å². The van der Waals surface area contributed by atoms with Crippen LogP contribution in [0.25, 0.3) is 64.3 Å². The predicted molar refractivity (Wildman–Crippen MR) is 250 cm³/mol. The van der Waals surface area contributed by atoms with E-state index in [0.717, 1.165) is 5.69 Å². The van der Waals surface area contributed by atoms with Gasteiger partial charge in [-0.15, -0.1) is 11.3 Å². The molecule has 3 aliphatic rings. The normalized spacial score (nSPS) is 14.6. The van der Waals surface area contributed by atoms with Crippen molar-refractivity contribution >= 4 is 59.3 Å². The molecule has 0 radical (unpaired) electrons. The Morgan fingerprint density at radius 3 is 1.54 bits per heavy atom. The lowest BCUT2D eigenvalue weighted by Gasteiger charge is -2.33. The molecule has 0 fully saturated rings. The molecule has 9 aromatic carbocycles. The van der Waals surface area contributed by atoms with Crippen LogP contribution < -0.4 is 4.90 Å². The molecule has 2 heteroatoms. The SMILES string of the molecule is Cc1cccc2c1sc1c(N(c3ccc4c(c3)C(C)(C)c3ccccc3-4)c3ccc4c(c3)C3(c5ccccc5-c5ccccc53)c3ccccc3-4)cc3ccccc3c12. The van der Waals surface area contributed by atoms with Gasteiger partial charge in [0.15, 0.2) is 0 Å². The lowest BCUT2D eigenvalue weighted by molar-refractivity contribution is 0.660. The van der Waals surface area contributed by atoms with Crippen LogP contribution in [-0.4, -0.2) is 0 Å².